The first-order valence-corrected chi connectivity index (χ1v) is 10.2. The fourth-order valence-corrected chi connectivity index (χ4v) is 3.44. The number of nitrogens with zero attached hydrogens (tertiary/aromatic N) is 2. The molecule has 1 aromatic carbocycles. The van der Waals surface area contributed by atoms with Crippen LogP contribution >= 0.6 is 11.3 Å². The van der Waals surface area contributed by atoms with Crippen LogP contribution in [-0.2, 0) is 4.79 Å². The van der Waals surface area contributed by atoms with E-state index in [1.54, 1.807) is 12.1 Å². The summed E-state index contributed by atoms with van der Waals surface area (Å²) in [6.07, 6.45) is 2.43. The molecule has 2 heterocycles. The van der Waals surface area contributed by atoms with Gasteiger partial charge in [-0.1, -0.05) is 12.1 Å². The molecule has 156 valence electrons. The fourth-order valence-electron chi connectivity index (χ4n) is 2.67. The maximum atomic E-state index is 12.0. The predicted octanol–water partition coefficient (Wildman–Crippen LogP) is 3.51. The molecule has 0 bridgehead atoms. The van der Waals surface area contributed by atoms with Crippen LogP contribution in [0.4, 0.5) is 5.82 Å². The number of carbonyl (C=O) groups excluding carboxylic acids is 1. The average molecular weight is 425 g/mol. The summed E-state index contributed by atoms with van der Waals surface area (Å²) >= 11 is 1.50. The summed E-state index contributed by atoms with van der Waals surface area (Å²) in [5.74, 6) is 1.42. The zero-order valence-corrected chi connectivity index (χ0v) is 17.8. The van der Waals surface area contributed by atoms with Gasteiger partial charge in [-0.05, 0) is 44.4 Å². The third kappa shape index (κ3) is 5.32. The van der Waals surface area contributed by atoms with Gasteiger partial charge in [-0.15, -0.1) is 11.3 Å². The van der Waals surface area contributed by atoms with Crippen LogP contribution in [0.15, 0.2) is 47.6 Å². The molecule has 1 amide bonds. The predicted molar refractivity (Wildman–Crippen MR) is 121 cm³/mol. The summed E-state index contributed by atoms with van der Waals surface area (Å²) in [5, 5.41) is 15.3. The lowest BCUT2D eigenvalue weighted by molar-refractivity contribution is -0.124. The minimum Gasteiger partial charge on any atom is -0.484 e. The normalized spacial score (nSPS) is 11.9. The maximum Gasteiger partial charge on any atom is 0.258 e. The molecule has 0 atom stereocenters. The number of ether oxygens (including phenoxy) is 1. The van der Waals surface area contributed by atoms with Crippen LogP contribution in [0, 0.1) is 5.41 Å². The highest BCUT2D eigenvalue weighted by Gasteiger charge is 2.15. The highest BCUT2D eigenvalue weighted by Crippen LogP contribution is 2.30. The molecule has 0 radical (unpaired) electrons. The highest BCUT2D eigenvalue weighted by atomic mass is 32.1. The van der Waals surface area contributed by atoms with Gasteiger partial charge in [0, 0.05) is 23.5 Å². The van der Waals surface area contributed by atoms with Crippen LogP contribution < -0.4 is 21.1 Å². The van der Waals surface area contributed by atoms with E-state index in [4.69, 9.17) is 15.9 Å². The van der Waals surface area contributed by atoms with Crippen LogP contribution in [0.5, 0.6) is 5.75 Å². The minimum atomic E-state index is -0.317. The van der Waals surface area contributed by atoms with E-state index in [2.05, 4.69) is 20.6 Å². The minimum absolute atomic E-state index is 0.0814. The van der Waals surface area contributed by atoms with Crippen molar-refractivity contribution in [1.82, 2.24) is 15.3 Å². The summed E-state index contributed by atoms with van der Waals surface area (Å²) in [6, 6.07) is 9.17. The van der Waals surface area contributed by atoms with Gasteiger partial charge in [0.25, 0.3) is 5.91 Å². The number of hydrogen-bond acceptors (Lipinski definition) is 8. The molecule has 0 saturated carbocycles. The van der Waals surface area contributed by atoms with Gasteiger partial charge >= 0.3 is 0 Å². The molecule has 0 fully saturated rings. The van der Waals surface area contributed by atoms with Gasteiger partial charge in [-0.25, -0.2) is 9.97 Å². The molecule has 0 aliphatic carbocycles. The summed E-state index contributed by atoms with van der Waals surface area (Å²) < 4.78 is 6.51. The van der Waals surface area contributed by atoms with Crippen molar-refractivity contribution in [1.29, 1.82) is 5.41 Å². The molecular formula is C21H24N6O2S. The number of fused-ring (bicyclic) bond motifs is 1. The number of carbonyl (C=O) groups is 1. The van der Waals surface area contributed by atoms with Crippen LogP contribution in [0.3, 0.4) is 0 Å². The Morgan fingerprint density at radius 3 is 2.80 bits per heavy atom. The Balaban J connectivity index is 1.86. The van der Waals surface area contributed by atoms with E-state index in [0.29, 0.717) is 23.1 Å². The largest absolute Gasteiger partial charge is 0.484 e. The molecule has 3 rings (SSSR count). The van der Waals surface area contributed by atoms with Gasteiger partial charge in [-0.2, -0.15) is 0 Å². The summed E-state index contributed by atoms with van der Waals surface area (Å²) in [7, 11) is 0. The van der Waals surface area contributed by atoms with Crippen molar-refractivity contribution in [2.24, 2.45) is 5.73 Å². The molecule has 9 heteroatoms. The summed E-state index contributed by atoms with van der Waals surface area (Å²) in [5.41, 5.74) is 7.19. The maximum absolute atomic E-state index is 12.0. The number of amides is 1. The van der Waals surface area contributed by atoms with E-state index < -0.39 is 0 Å². The van der Waals surface area contributed by atoms with Crippen molar-refractivity contribution < 1.29 is 9.53 Å². The first-order chi connectivity index (χ1) is 14.3. The number of aromatic nitrogens is 2. The van der Waals surface area contributed by atoms with E-state index in [-0.39, 0.29) is 18.1 Å². The third-order valence-electron chi connectivity index (χ3n) is 3.88. The summed E-state index contributed by atoms with van der Waals surface area (Å²) in [4.78, 5) is 21.3. The number of allylic oxidation sites excluding steroid dienone is 1. The van der Waals surface area contributed by atoms with E-state index in [0.717, 1.165) is 22.0 Å². The molecule has 3 aromatic rings. The Hall–Kier alpha value is -3.46. The number of rotatable bonds is 7. The van der Waals surface area contributed by atoms with Crippen LogP contribution in [-0.4, -0.2) is 34.2 Å². The second kappa shape index (κ2) is 8.91. The van der Waals surface area contributed by atoms with Crippen LogP contribution in [0.25, 0.3) is 21.6 Å². The van der Waals surface area contributed by atoms with Gasteiger partial charge in [0.2, 0.25) is 0 Å². The smallest absolute Gasteiger partial charge is 0.258 e. The fraction of sp³-hybridized carbons (Fsp3) is 0.238. The lowest BCUT2D eigenvalue weighted by Crippen LogP contribution is -2.43. The lowest BCUT2D eigenvalue weighted by atomic mass is 10.1. The topological polar surface area (TPSA) is 126 Å². The molecule has 5 N–H and O–H groups in total. The van der Waals surface area contributed by atoms with Crippen molar-refractivity contribution in [3.63, 3.8) is 0 Å². The van der Waals surface area contributed by atoms with Gasteiger partial charge in [-0.3, -0.25) is 4.79 Å². The molecule has 0 unspecified atom stereocenters. The van der Waals surface area contributed by atoms with Crippen molar-refractivity contribution in [2.75, 3.05) is 11.9 Å². The van der Waals surface area contributed by atoms with Gasteiger partial charge in [0.05, 0.1) is 15.9 Å². The van der Waals surface area contributed by atoms with Crippen LogP contribution in [0.1, 0.15) is 20.8 Å². The zero-order chi connectivity index (χ0) is 21.7. The molecule has 0 spiro atoms. The quantitative estimate of drug-likeness (QED) is 0.430. The first-order valence-electron chi connectivity index (χ1n) is 9.28. The monoisotopic (exact) mass is 424 g/mol. The highest BCUT2D eigenvalue weighted by molar-refractivity contribution is 7.17. The molecule has 30 heavy (non-hydrogen) atoms. The Bertz CT molecular complexity index is 1100. The van der Waals surface area contributed by atoms with Gasteiger partial charge in [0.15, 0.2) is 18.2 Å². The summed E-state index contributed by atoms with van der Waals surface area (Å²) in [6.45, 7) is 5.67. The Kier molecular flexibility index (Phi) is 6.31. The van der Waals surface area contributed by atoms with Crippen molar-refractivity contribution in [3.8, 4) is 17.1 Å². The second-order valence-electron chi connectivity index (χ2n) is 7.54. The second-order valence-corrected chi connectivity index (χ2v) is 8.45. The third-order valence-corrected chi connectivity index (χ3v) is 4.79. The molecule has 2 aromatic heterocycles. The number of benzene rings is 1. The number of nitrogens with one attached hydrogen (secondary N) is 3. The lowest BCUT2D eigenvalue weighted by Gasteiger charge is -2.20. The molecule has 8 nitrogen and oxygen atoms in total. The first kappa shape index (κ1) is 21.3. The Morgan fingerprint density at radius 2 is 2.10 bits per heavy atom. The Morgan fingerprint density at radius 1 is 1.30 bits per heavy atom. The number of hydrogen-bond donors (Lipinski definition) is 4. The van der Waals surface area contributed by atoms with Crippen molar-refractivity contribution in [2.45, 2.75) is 26.3 Å². The van der Waals surface area contributed by atoms with E-state index in [9.17, 15) is 4.79 Å². The van der Waals surface area contributed by atoms with E-state index in [1.807, 2.05) is 44.4 Å². The standard InChI is InChI=1S/C21H24N6O2S/c1-21(2,3)27-17(28)12-29-15-6-4-5-13(9-15)19-25-16-7-8-30-18(16)20(26-19)24-14(10-22)11-23/h4-11,22H,12,23H2,1-3H3,(H,27,28)(H,24,25,26)/b14-11+,22-10?. The number of nitrogens with two attached hydrogens (primary N) is 1. The zero-order valence-electron chi connectivity index (χ0n) is 17.0. The van der Waals surface area contributed by atoms with Crippen molar-refractivity contribution in [3.05, 3.63) is 47.6 Å². The van der Waals surface area contributed by atoms with Crippen molar-refractivity contribution >= 4 is 39.5 Å². The Labute approximate surface area is 178 Å². The molecule has 0 saturated heterocycles. The van der Waals surface area contributed by atoms with E-state index in [1.165, 1.54) is 17.5 Å². The average Bonchev–Trinajstić information content (AvgIpc) is 3.18. The van der Waals surface area contributed by atoms with E-state index >= 15 is 0 Å². The molecule has 0 aliphatic rings. The number of thiophene rings is 1. The van der Waals surface area contributed by atoms with Gasteiger partial charge in [0.1, 0.15) is 5.75 Å². The SMILES string of the molecule is CC(C)(C)NC(=O)COc1cccc(-c2nc(N/C(C=N)=C/N)c3sccc3n2)c1. The van der Waals surface area contributed by atoms with Gasteiger partial charge < -0.3 is 26.5 Å². The molecular weight excluding hydrogens is 400 g/mol. The molecule has 0 aliphatic heterocycles. The number of anilines is 1. The van der Waals surface area contributed by atoms with Crippen LogP contribution in [0.2, 0.25) is 0 Å².